The number of nitrogens with zero attached hydrogens (tertiary/aromatic N) is 3. The Kier molecular flexibility index (Phi) is 3.06. The largest absolute Gasteiger partial charge is 0.277 e. The lowest BCUT2D eigenvalue weighted by molar-refractivity contribution is 0.549. The van der Waals surface area contributed by atoms with Gasteiger partial charge in [0.05, 0.1) is 11.9 Å². The lowest BCUT2D eigenvalue weighted by atomic mass is 10.1. The van der Waals surface area contributed by atoms with E-state index < -0.39 is 0 Å². The van der Waals surface area contributed by atoms with E-state index in [1.807, 2.05) is 42.5 Å². The summed E-state index contributed by atoms with van der Waals surface area (Å²) in [6, 6.07) is 17.3. The van der Waals surface area contributed by atoms with E-state index in [4.69, 9.17) is 0 Å². The maximum absolute atomic E-state index is 12.2. The monoisotopic (exact) mass is 251 g/mol. The van der Waals surface area contributed by atoms with Crippen LogP contribution < -0.4 is 5.56 Å². The predicted octanol–water partition coefficient (Wildman–Crippen LogP) is 2.03. The van der Waals surface area contributed by atoms with Gasteiger partial charge in [-0.05, 0) is 24.1 Å². The van der Waals surface area contributed by atoms with Crippen molar-refractivity contribution in [3.63, 3.8) is 0 Å². The van der Waals surface area contributed by atoms with Gasteiger partial charge in [0.2, 0.25) is 0 Å². The number of hydrogen-bond donors (Lipinski definition) is 0. The van der Waals surface area contributed by atoms with Crippen molar-refractivity contribution in [2.45, 2.75) is 13.0 Å². The summed E-state index contributed by atoms with van der Waals surface area (Å²) in [5.74, 6) is 0. The van der Waals surface area contributed by atoms with Crippen LogP contribution in [0, 0.1) is 0 Å². The Balaban J connectivity index is 1.90. The van der Waals surface area contributed by atoms with E-state index in [0.29, 0.717) is 17.4 Å². The Bertz CT molecular complexity index is 750. The minimum atomic E-state index is -0.0819. The third-order valence-corrected chi connectivity index (χ3v) is 3.08. The van der Waals surface area contributed by atoms with Crippen LogP contribution in [0.25, 0.3) is 10.9 Å². The first-order valence-electron chi connectivity index (χ1n) is 6.21. The summed E-state index contributed by atoms with van der Waals surface area (Å²) in [5.41, 5.74) is 1.74. The van der Waals surface area contributed by atoms with E-state index in [0.717, 1.165) is 6.42 Å². The second-order valence-electron chi connectivity index (χ2n) is 4.37. The summed E-state index contributed by atoms with van der Waals surface area (Å²) in [5, 5.41) is 8.66. The van der Waals surface area contributed by atoms with Crippen molar-refractivity contribution in [2.75, 3.05) is 0 Å². The Hall–Kier alpha value is -2.49. The standard InChI is InChI=1S/C15H13N3O/c19-15-13-8-4-5-9-14(13)16-17-18(15)11-10-12-6-2-1-3-7-12/h1-9H,10-11H2. The number of aromatic nitrogens is 3. The Morgan fingerprint density at radius 3 is 2.53 bits per heavy atom. The Labute approximate surface area is 110 Å². The van der Waals surface area contributed by atoms with E-state index in [9.17, 15) is 4.79 Å². The maximum atomic E-state index is 12.2. The minimum Gasteiger partial charge on any atom is -0.267 e. The molecule has 0 atom stereocenters. The highest BCUT2D eigenvalue weighted by Gasteiger charge is 2.04. The van der Waals surface area contributed by atoms with Crippen molar-refractivity contribution in [3.05, 3.63) is 70.5 Å². The topological polar surface area (TPSA) is 47.8 Å². The van der Waals surface area contributed by atoms with Crippen LogP contribution >= 0.6 is 0 Å². The normalized spacial score (nSPS) is 10.7. The molecule has 0 unspecified atom stereocenters. The molecule has 3 rings (SSSR count). The van der Waals surface area contributed by atoms with Crippen LogP contribution in [0.2, 0.25) is 0 Å². The predicted molar refractivity (Wildman–Crippen MR) is 73.9 cm³/mol. The summed E-state index contributed by atoms with van der Waals surface area (Å²) < 4.78 is 1.43. The van der Waals surface area contributed by atoms with Crippen molar-refractivity contribution >= 4 is 10.9 Å². The maximum Gasteiger partial charge on any atom is 0.277 e. The van der Waals surface area contributed by atoms with Crippen molar-refractivity contribution in [1.29, 1.82) is 0 Å². The van der Waals surface area contributed by atoms with E-state index in [2.05, 4.69) is 10.3 Å². The molecule has 0 saturated carbocycles. The zero-order chi connectivity index (χ0) is 13.1. The SMILES string of the molecule is O=c1c2ccccc2nnn1CCc1ccccc1. The molecule has 4 nitrogen and oxygen atoms in total. The number of rotatable bonds is 3. The van der Waals surface area contributed by atoms with Crippen molar-refractivity contribution in [2.24, 2.45) is 0 Å². The van der Waals surface area contributed by atoms with Crippen LogP contribution in [0.3, 0.4) is 0 Å². The average molecular weight is 251 g/mol. The molecule has 0 spiro atoms. The number of hydrogen-bond acceptors (Lipinski definition) is 3. The van der Waals surface area contributed by atoms with Gasteiger partial charge in [-0.2, -0.15) is 0 Å². The fourth-order valence-corrected chi connectivity index (χ4v) is 2.05. The highest BCUT2D eigenvalue weighted by molar-refractivity contribution is 5.76. The lowest BCUT2D eigenvalue weighted by Gasteiger charge is -2.04. The van der Waals surface area contributed by atoms with E-state index in [-0.39, 0.29) is 5.56 Å². The summed E-state index contributed by atoms with van der Waals surface area (Å²) >= 11 is 0. The molecule has 2 aromatic carbocycles. The number of benzene rings is 2. The van der Waals surface area contributed by atoms with Crippen molar-refractivity contribution in [3.8, 4) is 0 Å². The molecule has 0 aliphatic heterocycles. The molecule has 4 heteroatoms. The fraction of sp³-hybridized carbons (Fsp3) is 0.133. The molecule has 1 aromatic heterocycles. The lowest BCUT2D eigenvalue weighted by Crippen LogP contribution is -2.25. The molecule has 19 heavy (non-hydrogen) atoms. The molecule has 0 N–H and O–H groups in total. The summed E-state index contributed by atoms with van der Waals surface area (Å²) in [6.07, 6.45) is 0.772. The zero-order valence-corrected chi connectivity index (χ0v) is 10.4. The molecule has 0 amide bonds. The second kappa shape index (κ2) is 5.02. The van der Waals surface area contributed by atoms with Crippen LogP contribution in [0.4, 0.5) is 0 Å². The quantitative estimate of drug-likeness (QED) is 0.715. The first-order valence-corrected chi connectivity index (χ1v) is 6.21. The van der Waals surface area contributed by atoms with Gasteiger partial charge >= 0.3 is 0 Å². The third-order valence-electron chi connectivity index (χ3n) is 3.08. The van der Waals surface area contributed by atoms with Gasteiger partial charge in [-0.15, -0.1) is 5.10 Å². The molecular weight excluding hydrogens is 238 g/mol. The molecule has 0 fully saturated rings. The molecule has 0 aliphatic rings. The van der Waals surface area contributed by atoms with Gasteiger partial charge in [-0.3, -0.25) is 4.79 Å². The summed E-state index contributed by atoms with van der Waals surface area (Å²) in [7, 11) is 0. The first-order chi connectivity index (χ1) is 9.34. The molecular formula is C15H13N3O. The molecule has 1 heterocycles. The van der Waals surface area contributed by atoms with Crippen LogP contribution in [0.5, 0.6) is 0 Å². The van der Waals surface area contributed by atoms with E-state index in [1.54, 1.807) is 12.1 Å². The van der Waals surface area contributed by atoms with Crippen LogP contribution in [0.1, 0.15) is 5.56 Å². The smallest absolute Gasteiger partial charge is 0.267 e. The van der Waals surface area contributed by atoms with Gasteiger partial charge in [0.15, 0.2) is 0 Å². The van der Waals surface area contributed by atoms with Crippen molar-refractivity contribution in [1.82, 2.24) is 15.0 Å². The summed E-state index contributed by atoms with van der Waals surface area (Å²) in [4.78, 5) is 12.2. The van der Waals surface area contributed by atoms with Gasteiger partial charge in [-0.1, -0.05) is 47.7 Å². The zero-order valence-electron chi connectivity index (χ0n) is 10.4. The Morgan fingerprint density at radius 1 is 0.947 bits per heavy atom. The third kappa shape index (κ3) is 2.38. The molecule has 94 valence electrons. The van der Waals surface area contributed by atoms with Gasteiger partial charge in [0, 0.05) is 0 Å². The van der Waals surface area contributed by atoms with E-state index in [1.165, 1.54) is 10.2 Å². The number of aryl methyl sites for hydroxylation is 2. The van der Waals surface area contributed by atoms with Gasteiger partial charge < -0.3 is 0 Å². The first kappa shape index (κ1) is 11.6. The molecule has 0 saturated heterocycles. The second-order valence-corrected chi connectivity index (χ2v) is 4.37. The average Bonchev–Trinajstić information content (AvgIpc) is 2.48. The molecule has 0 radical (unpaired) electrons. The number of fused-ring (bicyclic) bond motifs is 1. The van der Waals surface area contributed by atoms with Crippen molar-refractivity contribution < 1.29 is 0 Å². The highest BCUT2D eigenvalue weighted by atomic mass is 16.1. The van der Waals surface area contributed by atoms with Crippen LogP contribution in [-0.4, -0.2) is 15.0 Å². The molecule has 0 aliphatic carbocycles. The Morgan fingerprint density at radius 2 is 1.68 bits per heavy atom. The molecule has 3 aromatic rings. The molecule has 0 bridgehead atoms. The fourth-order valence-electron chi connectivity index (χ4n) is 2.05. The summed E-state index contributed by atoms with van der Waals surface area (Å²) in [6.45, 7) is 0.542. The van der Waals surface area contributed by atoms with Gasteiger partial charge in [0.25, 0.3) is 5.56 Å². The highest BCUT2D eigenvalue weighted by Crippen LogP contribution is 2.04. The van der Waals surface area contributed by atoms with Crippen LogP contribution in [0.15, 0.2) is 59.4 Å². The van der Waals surface area contributed by atoms with E-state index >= 15 is 0 Å². The van der Waals surface area contributed by atoms with Gasteiger partial charge in [0.1, 0.15) is 5.52 Å². The van der Waals surface area contributed by atoms with Gasteiger partial charge in [-0.25, -0.2) is 4.68 Å². The van der Waals surface area contributed by atoms with Crippen LogP contribution in [-0.2, 0) is 13.0 Å². The minimum absolute atomic E-state index is 0.0819.